The molecule has 0 aliphatic rings. The van der Waals surface area contributed by atoms with Crippen molar-refractivity contribution in [2.24, 2.45) is 0 Å². The lowest BCUT2D eigenvalue weighted by atomic mass is 10.4. The molecule has 0 aliphatic carbocycles. The van der Waals surface area contributed by atoms with Gasteiger partial charge in [0.05, 0.1) is 0 Å². The van der Waals surface area contributed by atoms with Gasteiger partial charge in [0.1, 0.15) is 0 Å². The molecule has 1 aromatic carbocycles. The van der Waals surface area contributed by atoms with Crippen molar-refractivity contribution in [3.05, 3.63) is 32.3 Å². The van der Waals surface area contributed by atoms with E-state index in [4.69, 9.17) is 0 Å². The van der Waals surface area contributed by atoms with Crippen LogP contribution in [0.1, 0.15) is 0 Å². The van der Waals surface area contributed by atoms with Crippen LogP contribution in [-0.4, -0.2) is 0 Å². The number of benzene rings is 1. The molecule has 0 aliphatic heterocycles. The zero-order valence-electron chi connectivity index (χ0n) is 4.47. The summed E-state index contributed by atoms with van der Waals surface area (Å²) in [6.07, 6.45) is 0. The Hall–Kier alpha value is 0.230. The quantitative estimate of drug-likeness (QED) is 0.729. The predicted molar refractivity (Wildman–Crippen MR) is 47.5 cm³/mol. The zero-order valence-corrected chi connectivity index (χ0v) is 8.22. The van der Waals surface area contributed by atoms with Crippen molar-refractivity contribution in [2.45, 2.75) is 0 Å². The van der Waals surface area contributed by atoms with Crippen molar-refractivity contribution in [3.63, 3.8) is 0 Å². The van der Waals surface area contributed by atoms with Gasteiger partial charge >= 0.3 is 0 Å². The van der Waals surface area contributed by atoms with E-state index in [2.05, 4.69) is 15.9 Å². The molecule has 3 heteroatoms. The summed E-state index contributed by atoms with van der Waals surface area (Å²) in [6.45, 7) is 0. The van der Waals surface area contributed by atoms with Crippen molar-refractivity contribution < 1.29 is 3.07 Å². The molecule has 9 heavy (non-hydrogen) atoms. The number of halogens is 2. The van der Waals surface area contributed by atoms with Crippen LogP contribution < -0.4 is 0 Å². The highest BCUT2D eigenvalue weighted by molar-refractivity contribution is 14.1. The number of hydrogen-bond donors (Lipinski definition) is 0. The molecule has 0 spiro atoms. The lowest BCUT2D eigenvalue weighted by Gasteiger charge is -1.87. The zero-order chi connectivity index (χ0) is 6.69. The van der Waals surface area contributed by atoms with Gasteiger partial charge in [0, 0.05) is 8.04 Å². The Morgan fingerprint density at radius 1 is 1.44 bits per heavy atom. The summed E-state index contributed by atoms with van der Waals surface area (Å²) in [7, 11) is 0. The van der Waals surface area contributed by atoms with Crippen molar-refractivity contribution in [3.8, 4) is 0 Å². The molecule has 0 amide bonds. The van der Waals surface area contributed by atoms with Gasteiger partial charge in [-0.3, -0.25) is 3.07 Å². The molecule has 0 N–H and O–H groups in total. The van der Waals surface area contributed by atoms with Gasteiger partial charge in [0.2, 0.25) is 0 Å². The topological polar surface area (TPSA) is 17.1 Å². The third kappa shape index (κ3) is 2.14. The van der Waals surface area contributed by atoms with Gasteiger partial charge in [-0.05, 0) is 18.2 Å². The molecule has 1 rings (SSSR count). The van der Waals surface area contributed by atoms with Gasteiger partial charge in [-0.15, -0.1) is 0 Å². The standard InChI is InChI=1S/C6H4BrIO/c7-5-2-1-3-6(4-5)8-9/h1-4H. The van der Waals surface area contributed by atoms with E-state index in [9.17, 15) is 3.07 Å². The van der Waals surface area contributed by atoms with Gasteiger partial charge < -0.3 is 0 Å². The molecular formula is C6H4BrIO. The van der Waals surface area contributed by atoms with Gasteiger partial charge in [0.15, 0.2) is 21.2 Å². The first kappa shape index (κ1) is 7.34. The van der Waals surface area contributed by atoms with E-state index < -0.39 is 21.2 Å². The highest BCUT2D eigenvalue weighted by Gasteiger charge is 1.88. The largest absolute Gasteiger partial charge is 0.265 e. The Balaban J connectivity index is 3.07. The van der Waals surface area contributed by atoms with Crippen LogP contribution in [0.25, 0.3) is 0 Å². The van der Waals surface area contributed by atoms with Crippen LogP contribution in [0, 0.1) is 3.57 Å². The van der Waals surface area contributed by atoms with Crippen molar-refractivity contribution in [1.82, 2.24) is 0 Å². The SMILES string of the molecule is O=Ic1cccc(Br)c1. The lowest BCUT2D eigenvalue weighted by molar-refractivity contribution is 0.648. The van der Waals surface area contributed by atoms with Crippen molar-refractivity contribution >= 4 is 37.1 Å². The van der Waals surface area contributed by atoms with E-state index in [-0.39, 0.29) is 0 Å². The third-order valence-corrected chi connectivity index (χ3v) is 2.55. The molecule has 0 atom stereocenters. The van der Waals surface area contributed by atoms with Crippen molar-refractivity contribution in [1.29, 1.82) is 0 Å². The highest BCUT2D eigenvalue weighted by Crippen LogP contribution is 2.15. The minimum Gasteiger partial charge on any atom is -0.265 e. The summed E-state index contributed by atoms with van der Waals surface area (Å²) >= 11 is 2.29. The Morgan fingerprint density at radius 3 is 2.67 bits per heavy atom. The summed E-state index contributed by atoms with van der Waals surface area (Å²) in [4.78, 5) is 0. The summed E-state index contributed by atoms with van der Waals surface area (Å²) in [5, 5.41) is 0. The van der Waals surface area contributed by atoms with Crippen LogP contribution in [0.3, 0.4) is 0 Å². The monoisotopic (exact) mass is 298 g/mol. The van der Waals surface area contributed by atoms with Gasteiger partial charge in [-0.2, -0.15) is 0 Å². The van der Waals surface area contributed by atoms with Crippen LogP contribution in [0.15, 0.2) is 28.7 Å². The molecule has 0 fully saturated rings. The lowest BCUT2D eigenvalue weighted by Crippen LogP contribution is -1.67. The summed E-state index contributed by atoms with van der Waals surface area (Å²) < 4.78 is 12.3. The van der Waals surface area contributed by atoms with Crippen LogP contribution in [0.4, 0.5) is 0 Å². The minimum absolute atomic E-state index is 0.933. The molecule has 0 saturated heterocycles. The molecule has 1 aromatic rings. The van der Waals surface area contributed by atoms with Gasteiger partial charge in [-0.1, -0.05) is 22.0 Å². The van der Waals surface area contributed by atoms with E-state index in [0.717, 1.165) is 8.04 Å². The average molecular weight is 299 g/mol. The van der Waals surface area contributed by atoms with Crippen LogP contribution >= 0.6 is 37.1 Å². The minimum atomic E-state index is -0.987. The second-order valence-electron chi connectivity index (χ2n) is 1.52. The summed E-state index contributed by atoms with van der Waals surface area (Å²) in [5.41, 5.74) is 0. The molecule has 0 radical (unpaired) electrons. The first-order chi connectivity index (χ1) is 4.33. The van der Waals surface area contributed by atoms with Crippen LogP contribution in [0.2, 0.25) is 0 Å². The fourth-order valence-corrected chi connectivity index (χ4v) is 2.15. The van der Waals surface area contributed by atoms with Gasteiger partial charge in [-0.25, -0.2) is 0 Å². The second kappa shape index (κ2) is 3.41. The molecule has 0 bridgehead atoms. The van der Waals surface area contributed by atoms with Crippen LogP contribution in [0.5, 0.6) is 0 Å². The van der Waals surface area contributed by atoms with E-state index in [1.165, 1.54) is 0 Å². The average Bonchev–Trinajstić information content (AvgIpc) is 1.88. The molecular weight excluding hydrogens is 295 g/mol. The van der Waals surface area contributed by atoms with E-state index in [1.807, 2.05) is 24.3 Å². The van der Waals surface area contributed by atoms with Crippen LogP contribution in [-0.2, 0) is 3.07 Å². The molecule has 0 heterocycles. The fraction of sp³-hybridized carbons (Fsp3) is 0. The van der Waals surface area contributed by atoms with Crippen molar-refractivity contribution in [2.75, 3.05) is 0 Å². The Morgan fingerprint density at radius 2 is 2.22 bits per heavy atom. The Bertz CT molecular complexity index is 224. The van der Waals surface area contributed by atoms with E-state index >= 15 is 0 Å². The Labute approximate surface area is 72.2 Å². The predicted octanol–water partition coefficient (Wildman–Crippen LogP) is 2.93. The molecule has 0 aromatic heterocycles. The third-order valence-electron chi connectivity index (χ3n) is 0.876. The van der Waals surface area contributed by atoms with E-state index in [0.29, 0.717) is 0 Å². The summed E-state index contributed by atoms with van der Waals surface area (Å²) in [6, 6.07) is 7.55. The number of hydrogen-bond acceptors (Lipinski definition) is 1. The maximum atomic E-state index is 10.4. The highest BCUT2D eigenvalue weighted by atomic mass is 127. The molecule has 1 nitrogen and oxygen atoms in total. The molecule has 0 unspecified atom stereocenters. The van der Waals surface area contributed by atoms with E-state index in [1.54, 1.807) is 0 Å². The maximum Gasteiger partial charge on any atom is 0.182 e. The smallest absolute Gasteiger partial charge is 0.182 e. The van der Waals surface area contributed by atoms with Gasteiger partial charge in [0.25, 0.3) is 0 Å². The molecule has 0 saturated carbocycles. The number of rotatable bonds is 1. The normalized spacial score (nSPS) is 9.44. The second-order valence-corrected chi connectivity index (χ2v) is 4.12. The summed E-state index contributed by atoms with van der Waals surface area (Å²) in [5.74, 6) is 0. The fourth-order valence-electron chi connectivity index (χ4n) is 0.508. The Kier molecular flexibility index (Phi) is 2.78. The first-order valence-corrected chi connectivity index (χ1v) is 5.11. The first-order valence-electron chi connectivity index (χ1n) is 2.35. The maximum absolute atomic E-state index is 10.4. The molecule has 48 valence electrons.